The van der Waals surface area contributed by atoms with Gasteiger partial charge in [0.15, 0.2) is 5.96 Å². The van der Waals surface area contributed by atoms with Crippen LogP contribution < -0.4 is 20.1 Å². The van der Waals surface area contributed by atoms with Crippen molar-refractivity contribution < 1.29 is 9.47 Å². The lowest BCUT2D eigenvalue weighted by Crippen LogP contribution is -2.38. The first-order valence-electron chi connectivity index (χ1n) is 7.59. The molecule has 0 saturated heterocycles. The van der Waals surface area contributed by atoms with Crippen molar-refractivity contribution in [1.82, 2.24) is 10.6 Å². The van der Waals surface area contributed by atoms with Crippen molar-refractivity contribution in [3.63, 3.8) is 0 Å². The highest BCUT2D eigenvalue weighted by molar-refractivity contribution is 5.79. The van der Waals surface area contributed by atoms with Crippen molar-refractivity contribution in [2.75, 3.05) is 33.4 Å². The van der Waals surface area contributed by atoms with Crippen LogP contribution in [0.25, 0.3) is 0 Å². The first-order valence-corrected chi connectivity index (χ1v) is 7.59. The van der Waals surface area contributed by atoms with Crippen LogP contribution in [0.2, 0.25) is 0 Å². The van der Waals surface area contributed by atoms with Gasteiger partial charge in [-0.15, -0.1) is 0 Å². The van der Waals surface area contributed by atoms with Gasteiger partial charge in [-0.3, -0.25) is 4.99 Å². The van der Waals surface area contributed by atoms with Gasteiger partial charge < -0.3 is 20.1 Å². The third kappa shape index (κ3) is 7.44. The van der Waals surface area contributed by atoms with Crippen LogP contribution in [0.3, 0.4) is 0 Å². The summed E-state index contributed by atoms with van der Waals surface area (Å²) in [6, 6.07) is 7.65. The lowest BCUT2D eigenvalue weighted by atomic mass is 10.3. The van der Waals surface area contributed by atoms with Gasteiger partial charge in [0.2, 0.25) is 0 Å². The molecule has 2 N–H and O–H groups in total. The summed E-state index contributed by atoms with van der Waals surface area (Å²) in [5, 5.41) is 6.52. The SMILES string of the molecule is CCCN=C(NCC)NCCCOc1cccc(OC)c1. The fraction of sp³-hybridized carbons (Fsp3) is 0.562. The second-order valence-corrected chi connectivity index (χ2v) is 4.57. The van der Waals surface area contributed by atoms with E-state index in [-0.39, 0.29) is 0 Å². The number of hydrogen-bond acceptors (Lipinski definition) is 3. The molecule has 0 aliphatic heterocycles. The minimum Gasteiger partial charge on any atom is -0.497 e. The number of hydrogen-bond donors (Lipinski definition) is 2. The van der Waals surface area contributed by atoms with E-state index in [1.807, 2.05) is 24.3 Å². The second kappa shape index (κ2) is 10.8. The van der Waals surface area contributed by atoms with Crippen molar-refractivity contribution in [2.45, 2.75) is 26.7 Å². The molecule has 5 nitrogen and oxygen atoms in total. The summed E-state index contributed by atoms with van der Waals surface area (Å²) < 4.78 is 10.9. The monoisotopic (exact) mass is 293 g/mol. The van der Waals surface area contributed by atoms with Crippen molar-refractivity contribution in [1.29, 1.82) is 0 Å². The molecule has 1 rings (SSSR count). The molecule has 118 valence electrons. The highest BCUT2D eigenvalue weighted by atomic mass is 16.5. The van der Waals surface area contributed by atoms with Crippen LogP contribution in [-0.4, -0.2) is 39.3 Å². The van der Waals surface area contributed by atoms with E-state index in [0.717, 1.165) is 49.9 Å². The van der Waals surface area contributed by atoms with Gasteiger partial charge in [0.1, 0.15) is 11.5 Å². The molecule has 0 aliphatic carbocycles. The maximum Gasteiger partial charge on any atom is 0.191 e. The number of ether oxygens (including phenoxy) is 2. The number of methoxy groups -OCH3 is 1. The van der Waals surface area contributed by atoms with E-state index < -0.39 is 0 Å². The van der Waals surface area contributed by atoms with Crippen LogP contribution in [0.1, 0.15) is 26.7 Å². The van der Waals surface area contributed by atoms with Gasteiger partial charge in [0.05, 0.1) is 13.7 Å². The first kappa shape index (κ1) is 17.1. The van der Waals surface area contributed by atoms with Crippen molar-refractivity contribution >= 4 is 5.96 Å². The molecule has 0 aromatic heterocycles. The number of aliphatic imine (C=N–C) groups is 1. The van der Waals surface area contributed by atoms with Crippen LogP contribution in [0.15, 0.2) is 29.3 Å². The van der Waals surface area contributed by atoms with Gasteiger partial charge in [-0.2, -0.15) is 0 Å². The third-order valence-electron chi connectivity index (χ3n) is 2.76. The standard InChI is InChI=1S/C16H27N3O2/c1-4-10-18-16(17-5-2)19-11-7-12-21-15-9-6-8-14(13-15)20-3/h6,8-9,13H,4-5,7,10-12H2,1-3H3,(H2,17,18,19). The molecule has 1 aromatic carbocycles. The van der Waals surface area contributed by atoms with Crippen molar-refractivity contribution in [2.24, 2.45) is 4.99 Å². The number of nitrogens with one attached hydrogen (secondary N) is 2. The summed E-state index contributed by atoms with van der Waals surface area (Å²) in [4.78, 5) is 4.45. The van der Waals surface area contributed by atoms with Gasteiger partial charge in [-0.05, 0) is 31.9 Å². The molecule has 1 aromatic rings. The summed E-state index contributed by atoms with van der Waals surface area (Å²) in [5.74, 6) is 2.52. The van der Waals surface area contributed by atoms with Crippen LogP contribution in [0.4, 0.5) is 0 Å². The maximum atomic E-state index is 5.69. The van der Waals surface area contributed by atoms with E-state index in [9.17, 15) is 0 Å². The van der Waals surface area contributed by atoms with Crippen molar-refractivity contribution in [3.05, 3.63) is 24.3 Å². The van der Waals surface area contributed by atoms with Crippen molar-refractivity contribution in [3.8, 4) is 11.5 Å². The average molecular weight is 293 g/mol. The molecule has 0 saturated carbocycles. The Labute approximate surface area is 127 Å². The smallest absolute Gasteiger partial charge is 0.191 e. The van der Waals surface area contributed by atoms with Crippen LogP contribution in [0.5, 0.6) is 11.5 Å². The molecular formula is C16H27N3O2. The predicted molar refractivity (Wildman–Crippen MR) is 87.4 cm³/mol. The fourth-order valence-corrected chi connectivity index (χ4v) is 1.73. The molecule has 0 heterocycles. The lowest BCUT2D eigenvalue weighted by molar-refractivity contribution is 0.308. The molecule has 0 atom stereocenters. The summed E-state index contributed by atoms with van der Waals surface area (Å²) in [6.45, 7) is 7.39. The molecular weight excluding hydrogens is 266 g/mol. The quantitative estimate of drug-likeness (QED) is 0.417. The van der Waals surface area contributed by atoms with E-state index >= 15 is 0 Å². The zero-order valence-corrected chi connectivity index (χ0v) is 13.3. The van der Waals surface area contributed by atoms with Gasteiger partial charge >= 0.3 is 0 Å². The molecule has 0 bridgehead atoms. The van der Waals surface area contributed by atoms with E-state index in [0.29, 0.717) is 6.61 Å². The van der Waals surface area contributed by atoms with E-state index in [1.54, 1.807) is 7.11 Å². The topological polar surface area (TPSA) is 54.9 Å². The Morgan fingerprint density at radius 3 is 2.71 bits per heavy atom. The summed E-state index contributed by atoms with van der Waals surface area (Å²) in [7, 11) is 1.65. The Bertz CT molecular complexity index is 422. The van der Waals surface area contributed by atoms with Gasteiger partial charge in [-0.25, -0.2) is 0 Å². The zero-order valence-electron chi connectivity index (χ0n) is 13.3. The number of benzene rings is 1. The van der Waals surface area contributed by atoms with Crippen LogP contribution in [0, 0.1) is 0 Å². The third-order valence-corrected chi connectivity index (χ3v) is 2.76. The van der Waals surface area contributed by atoms with Crippen LogP contribution in [-0.2, 0) is 0 Å². The first-order chi connectivity index (χ1) is 10.3. The highest BCUT2D eigenvalue weighted by Gasteiger charge is 1.98. The number of nitrogens with zero attached hydrogens (tertiary/aromatic N) is 1. The molecule has 0 amide bonds. The Morgan fingerprint density at radius 1 is 1.19 bits per heavy atom. The van der Waals surface area contributed by atoms with Crippen LogP contribution >= 0.6 is 0 Å². The Hall–Kier alpha value is -1.91. The summed E-state index contributed by atoms with van der Waals surface area (Å²) in [6.07, 6.45) is 1.96. The second-order valence-electron chi connectivity index (χ2n) is 4.57. The normalized spacial score (nSPS) is 11.1. The van der Waals surface area contributed by atoms with E-state index in [1.165, 1.54) is 0 Å². The minimum atomic E-state index is 0.660. The predicted octanol–water partition coefficient (Wildman–Crippen LogP) is 2.43. The molecule has 0 unspecified atom stereocenters. The molecule has 0 spiro atoms. The highest BCUT2D eigenvalue weighted by Crippen LogP contribution is 2.18. The minimum absolute atomic E-state index is 0.660. The Kier molecular flexibility index (Phi) is 8.84. The maximum absolute atomic E-state index is 5.69. The van der Waals surface area contributed by atoms with Gasteiger partial charge in [0, 0.05) is 25.7 Å². The molecule has 21 heavy (non-hydrogen) atoms. The van der Waals surface area contributed by atoms with E-state index in [4.69, 9.17) is 9.47 Å². The molecule has 0 radical (unpaired) electrons. The zero-order chi connectivity index (χ0) is 15.3. The molecule has 5 heteroatoms. The van der Waals surface area contributed by atoms with E-state index in [2.05, 4.69) is 29.5 Å². The average Bonchev–Trinajstić information content (AvgIpc) is 2.52. The Balaban J connectivity index is 2.23. The summed E-state index contributed by atoms with van der Waals surface area (Å²) in [5.41, 5.74) is 0. The summed E-state index contributed by atoms with van der Waals surface area (Å²) >= 11 is 0. The molecule has 0 aliphatic rings. The van der Waals surface area contributed by atoms with Gasteiger partial charge in [0.25, 0.3) is 0 Å². The lowest BCUT2D eigenvalue weighted by Gasteiger charge is -2.11. The fourth-order valence-electron chi connectivity index (χ4n) is 1.73. The Morgan fingerprint density at radius 2 is 2.00 bits per heavy atom. The molecule has 0 fully saturated rings. The van der Waals surface area contributed by atoms with Gasteiger partial charge in [-0.1, -0.05) is 13.0 Å². The largest absolute Gasteiger partial charge is 0.497 e. The number of guanidine groups is 1. The number of rotatable bonds is 9.